The molecule has 0 aromatic heterocycles. The highest BCUT2D eigenvalue weighted by Crippen LogP contribution is 2.31. The summed E-state index contributed by atoms with van der Waals surface area (Å²) in [6.45, 7) is 13.0. The topological polar surface area (TPSA) is 38.5 Å². The highest BCUT2D eigenvalue weighted by atomic mass is 16.5. The molecule has 0 saturated carbocycles. The molecule has 19 heavy (non-hydrogen) atoms. The van der Waals surface area contributed by atoms with Crippen molar-refractivity contribution >= 4 is 11.4 Å². The predicted molar refractivity (Wildman–Crippen MR) is 83.9 cm³/mol. The SMILES string of the molecule is CC(C)Oc1cc(N)cc(N(C)C(C)C(C)(C)C)c1. The van der Waals surface area contributed by atoms with Crippen LogP contribution < -0.4 is 15.4 Å². The minimum atomic E-state index is 0.153. The maximum atomic E-state index is 5.98. The van der Waals surface area contributed by atoms with E-state index in [2.05, 4.69) is 45.7 Å². The minimum Gasteiger partial charge on any atom is -0.491 e. The van der Waals surface area contributed by atoms with Gasteiger partial charge in [-0.3, -0.25) is 0 Å². The maximum Gasteiger partial charge on any atom is 0.123 e. The van der Waals surface area contributed by atoms with Gasteiger partial charge in [0.25, 0.3) is 0 Å². The van der Waals surface area contributed by atoms with E-state index in [4.69, 9.17) is 10.5 Å². The van der Waals surface area contributed by atoms with Crippen LogP contribution in [0.2, 0.25) is 0 Å². The Morgan fingerprint density at radius 2 is 1.68 bits per heavy atom. The summed E-state index contributed by atoms with van der Waals surface area (Å²) in [5, 5.41) is 0. The number of nitrogens with zero attached hydrogens (tertiary/aromatic N) is 1. The molecule has 1 unspecified atom stereocenters. The van der Waals surface area contributed by atoms with Crippen LogP contribution in [0, 0.1) is 5.41 Å². The summed E-state index contributed by atoms with van der Waals surface area (Å²) in [6.07, 6.45) is 0.153. The van der Waals surface area contributed by atoms with Gasteiger partial charge in [-0.1, -0.05) is 20.8 Å². The first-order valence-electron chi connectivity index (χ1n) is 6.91. The fraction of sp³-hybridized carbons (Fsp3) is 0.625. The summed E-state index contributed by atoms with van der Waals surface area (Å²) < 4.78 is 5.74. The molecule has 0 aliphatic rings. The Morgan fingerprint density at radius 1 is 1.11 bits per heavy atom. The van der Waals surface area contributed by atoms with Crippen LogP contribution in [0.4, 0.5) is 11.4 Å². The number of nitrogens with two attached hydrogens (primary N) is 1. The molecule has 0 aliphatic heterocycles. The normalized spacial score (nSPS) is 13.5. The van der Waals surface area contributed by atoms with Crippen molar-refractivity contribution in [3.63, 3.8) is 0 Å². The summed E-state index contributed by atoms with van der Waals surface area (Å²) in [7, 11) is 2.10. The zero-order valence-electron chi connectivity index (χ0n) is 13.3. The van der Waals surface area contributed by atoms with Gasteiger partial charge in [-0.2, -0.15) is 0 Å². The van der Waals surface area contributed by atoms with Crippen LogP contribution in [0.5, 0.6) is 5.75 Å². The second-order valence-electron chi connectivity index (χ2n) is 6.58. The average molecular weight is 264 g/mol. The predicted octanol–water partition coefficient (Wildman–Crippen LogP) is 3.93. The Bertz CT molecular complexity index is 421. The maximum absolute atomic E-state index is 5.98. The summed E-state index contributed by atoms with van der Waals surface area (Å²) in [5.74, 6) is 0.831. The molecule has 1 atom stereocenters. The minimum absolute atomic E-state index is 0.153. The third-order valence-corrected chi connectivity index (χ3v) is 3.53. The molecular formula is C16H28N2O. The lowest BCUT2D eigenvalue weighted by Gasteiger charge is -2.37. The lowest BCUT2D eigenvalue weighted by Crippen LogP contribution is -2.39. The van der Waals surface area contributed by atoms with Crippen LogP contribution in [0.1, 0.15) is 41.5 Å². The highest BCUT2D eigenvalue weighted by Gasteiger charge is 2.24. The van der Waals surface area contributed by atoms with Crippen molar-refractivity contribution in [3.05, 3.63) is 18.2 Å². The fourth-order valence-electron chi connectivity index (χ4n) is 1.95. The van der Waals surface area contributed by atoms with Crippen molar-refractivity contribution < 1.29 is 4.74 Å². The number of anilines is 2. The molecule has 3 nitrogen and oxygen atoms in total. The van der Waals surface area contributed by atoms with E-state index in [1.165, 1.54) is 0 Å². The van der Waals surface area contributed by atoms with Gasteiger partial charge in [-0.25, -0.2) is 0 Å². The molecule has 1 rings (SSSR count). The number of rotatable bonds is 4. The molecule has 0 bridgehead atoms. The van der Waals surface area contributed by atoms with Gasteiger partial charge in [-0.05, 0) is 32.3 Å². The molecule has 1 aromatic carbocycles. The van der Waals surface area contributed by atoms with E-state index in [9.17, 15) is 0 Å². The summed E-state index contributed by atoms with van der Waals surface area (Å²) in [5.41, 5.74) is 8.01. The zero-order chi connectivity index (χ0) is 14.8. The van der Waals surface area contributed by atoms with Crippen LogP contribution in [0.25, 0.3) is 0 Å². The number of hydrogen-bond acceptors (Lipinski definition) is 3. The molecule has 0 fully saturated rings. The van der Waals surface area contributed by atoms with Crippen LogP contribution in [-0.2, 0) is 0 Å². The van der Waals surface area contributed by atoms with E-state index in [1.54, 1.807) is 0 Å². The highest BCUT2D eigenvalue weighted by molar-refractivity contribution is 5.60. The lowest BCUT2D eigenvalue weighted by molar-refractivity contribution is 0.242. The molecule has 0 aliphatic carbocycles. The number of hydrogen-bond donors (Lipinski definition) is 1. The largest absolute Gasteiger partial charge is 0.491 e. The molecule has 3 heteroatoms. The smallest absolute Gasteiger partial charge is 0.123 e. The molecule has 0 saturated heterocycles. The second kappa shape index (κ2) is 5.72. The van der Waals surface area contributed by atoms with E-state index in [0.717, 1.165) is 17.1 Å². The Labute approximate surface area is 117 Å². The lowest BCUT2D eigenvalue weighted by atomic mass is 9.87. The van der Waals surface area contributed by atoms with Gasteiger partial charge in [0.05, 0.1) is 6.10 Å². The number of benzene rings is 1. The van der Waals surface area contributed by atoms with Crippen molar-refractivity contribution in [2.45, 2.75) is 53.7 Å². The van der Waals surface area contributed by atoms with Crippen LogP contribution in [-0.4, -0.2) is 19.2 Å². The summed E-state index contributed by atoms with van der Waals surface area (Å²) in [4.78, 5) is 2.25. The van der Waals surface area contributed by atoms with E-state index in [0.29, 0.717) is 6.04 Å². The van der Waals surface area contributed by atoms with E-state index < -0.39 is 0 Å². The first-order chi connectivity index (χ1) is 8.61. The van der Waals surface area contributed by atoms with Crippen LogP contribution in [0.3, 0.4) is 0 Å². The average Bonchev–Trinajstić information content (AvgIpc) is 2.23. The van der Waals surface area contributed by atoms with Crippen molar-refractivity contribution in [1.82, 2.24) is 0 Å². The van der Waals surface area contributed by atoms with Gasteiger partial charge in [0.1, 0.15) is 5.75 Å². The van der Waals surface area contributed by atoms with Crippen LogP contribution >= 0.6 is 0 Å². The standard InChI is InChI=1S/C16H28N2O/c1-11(2)19-15-9-13(17)8-14(10-15)18(7)12(3)16(4,5)6/h8-12H,17H2,1-7H3. The molecular weight excluding hydrogens is 236 g/mol. The van der Waals surface area contributed by atoms with Crippen molar-refractivity contribution in [1.29, 1.82) is 0 Å². The van der Waals surface area contributed by atoms with Crippen molar-refractivity contribution in [2.75, 3.05) is 17.7 Å². The molecule has 0 heterocycles. The summed E-state index contributed by atoms with van der Waals surface area (Å²) in [6, 6.07) is 6.33. The van der Waals surface area contributed by atoms with E-state index in [-0.39, 0.29) is 11.5 Å². The summed E-state index contributed by atoms with van der Waals surface area (Å²) >= 11 is 0. The van der Waals surface area contributed by atoms with Gasteiger partial charge >= 0.3 is 0 Å². The molecule has 0 radical (unpaired) electrons. The number of nitrogen functional groups attached to an aromatic ring is 1. The van der Waals surface area contributed by atoms with Crippen LogP contribution in [0.15, 0.2) is 18.2 Å². The van der Waals surface area contributed by atoms with Crippen molar-refractivity contribution in [2.24, 2.45) is 5.41 Å². The van der Waals surface area contributed by atoms with E-state index >= 15 is 0 Å². The van der Waals surface area contributed by atoms with Gasteiger partial charge in [0.15, 0.2) is 0 Å². The van der Waals surface area contributed by atoms with Gasteiger partial charge < -0.3 is 15.4 Å². The molecule has 0 amide bonds. The van der Waals surface area contributed by atoms with Crippen molar-refractivity contribution in [3.8, 4) is 5.75 Å². The quantitative estimate of drug-likeness (QED) is 0.837. The Balaban J connectivity index is 3.03. The van der Waals surface area contributed by atoms with Gasteiger partial charge in [-0.15, -0.1) is 0 Å². The monoisotopic (exact) mass is 264 g/mol. The molecule has 108 valence electrons. The number of ether oxygens (including phenoxy) is 1. The first kappa shape index (κ1) is 15.7. The van der Waals surface area contributed by atoms with Gasteiger partial charge in [0, 0.05) is 36.6 Å². The van der Waals surface area contributed by atoms with E-state index in [1.807, 2.05) is 26.0 Å². The molecule has 1 aromatic rings. The molecule has 2 N–H and O–H groups in total. The first-order valence-corrected chi connectivity index (χ1v) is 6.91. The van der Waals surface area contributed by atoms with Gasteiger partial charge in [0.2, 0.25) is 0 Å². The Morgan fingerprint density at radius 3 is 2.16 bits per heavy atom. The third kappa shape index (κ3) is 4.34. The zero-order valence-corrected chi connectivity index (χ0v) is 13.3. The fourth-order valence-corrected chi connectivity index (χ4v) is 1.95. The second-order valence-corrected chi connectivity index (χ2v) is 6.58. The molecule has 0 spiro atoms. The Hall–Kier alpha value is -1.38. The Kier molecular flexibility index (Phi) is 4.72. The third-order valence-electron chi connectivity index (χ3n) is 3.53.